The van der Waals surface area contributed by atoms with Gasteiger partial charge < -0.3 is 25.2 Å². The van der Waals surface area contributed by atoms with Crippen molar-refractivity contribution in [3.63, 3.8) is 0 Å². The Balaban J connectivity index is 1.10. The fraction of sp³-hybridized carbons (Fsp3) is 0.280. The highest BCUT2D eigenvalue weighted by atomic mass is 16.5. The topological polar surface area (TPSA) is 132 Å². The lowest BCUT2D eigenvalue weighted by Gasteiger charge is -2.34. The van der Waals surface area contributed by atoms with Gasteiger partial charge in [0.2, 0.25) is 23.7 Å². The predicted molar refractivity (Wildman–Crippen MR) is 134 cm³/mol. The third-order valence-corrected chi connectivity index (χ3v) is 5.92. The standard InChI is InChI=1S/C25H25N9O2/c26-17-18(23-31-20-5-1-2-6-21(20)36-23)19-8-12-28-24(32-19)27-9-3-7-22(35)33-13-15-34(16-14-33)25-29-10-4-11-30-25/h1-2,4-6,8,10-12,31H,3,7,9,13-16H2,(H,27,28,32). The molecule has 0 saturated carbocycles. The maximum absolute atomic E-state index is 12.6. The first-order chi connectivity index (χ1) is 17.7. The minimum Gasteiger partial charge on any atom is -0.437 e. The van der Waals surface area contributed by atoms with E-state index in [0.717, 1.165) is 18.8 Å². The Kier molecular flexibility index (Phi) is 6.84. The highest BCUT2D eigenvalue weighted by Crippen LogP contribution is 2.35. The summed E-state index contributed by atoms with van der Waals surface area (Å²) in [5.41, 5.74) is 1.53. The van der Waals surface area contributed by atoms with E-state index in [1.807, 2.05) is 29.2 Å². The largest absolute Gasteiger partial charge is 0.437 e. The van der Waals surface area contributed by atoms with Crippen LogP contribution in [0.3, 0.4) is 0 Å². The van der Waals surface area contributed by atoms with Crippen LogP contribution in [-0.4, -0.2) is 63.5 Å². The van der Waals surface area contributed by atoms with E-state index in [0.29, 0.717) is 61.7 Å². The van der Waals surface area contributed by atoms with Gasteiger partial charge in [-0.3, -0.25) is 4.79 Å². The molecule has 1 amide bonds. The maximum atomic E-state index is 12.6. The van der Waals surface area contributed by atoms with Gasteiger partial charge in [0.15, 0.2) is 5.75 Å². The maximum Gasteiger partial charge on any atom is 0.225 e. The van der Waals surface area contributed by atoms with Crippen LogP contribution in [0.4, 0.5) is 17.6 Å². The van der Waals surface area contributed by atoms with Gasteiger partial charge in [-0.2, -0.15) is 5.26 Å². The fourth-order valence-corrected chi connectivity index (χ4v) is 4.05. The van der Waals surface area contributed by atoms with Crippen molar-refractivity contribution in [3.05, 3.63) is 66.6 Å². The second kappa shape index (κ2) is 10.7. The number of hydrogen-bond donors (Lipinski definition) is 2. The molecule has 0 unspecified atom stereocenters. The molecule has 1 saturated heterocycles. The van der Waals surface area contributed by atoms with Crippen molar-refractivity contribution < 1.29 is 9.53 Å². The van der Waals surface area contributed by atoms with Crippen LogP contribution in [0, 0.1) is 11.3 Å². The minimum atomic E-state index is 0.126. The fourth-order valence-electron chi connectivity index (χ4n) is 4.05. The molecule has 2 aliphatic rings. The van der Waals surface area contributed by atoms with Gasteiger partial charge in [-0.15, -0.1) is 0 Å². The van der Waals surface area contributed by atoms with Gasteiger partial charge in [0, 0.05) is 57.7 Å². The SMILES string of the molecule is N#CC(=C1Nc2ccccc2O1)c1ccnc(NCCCC(=O)N2CCN(c3ncccn3)CC2)n1. The second-order valence-electron chi connectivity index (χ2n) is 8.25. The molecule has 4 heterocycles. The lowest BCUT2D eigenvalue weighted by Crippen LogP contribution is -2.49. The number of piperazine rings is 1. The Morgan fingerprint density at radius 3 is 2.64 bits per heavy atom. The number of allylic oxidation sites excluding steroid dienone is 1. The highest BCUT2D eigenvalue weighted by Gasteiger charge is 2.23. The number of nitrogens with one attached hydrogen (secondary N) is 2. The minimum absolute atomic E-state index is 0.126. The highest BCUT2D eigenvalue weighted by molar-refractivity contribution is 5.82. The van der Waals surface area contributed by atoms with Crippen LogP contribution < -0.4 is 20.3 Å². The lowest BCUT2D eigenvalue weighted by molar-refractivity contribution is -0.131. The van der Waals surface area contributed by atoms with Crippen molar-refractivity contribution in [2.45, 2.75) is 12.8 Å². The first-order valence-electron chi connectivity index (χ1n) is 11.8. The zero-order chi connectivity index (χ0) is 24.7. The van der Waals surface area contributed by atoms with Crippen molar-refractivity contribution in [2.75, 3.05) is 48.3 Å². The molecule has 2 aliphatic heterocycles. The monoisotopic (exact) mass is 483 g/mol. The summed E-state index contributed by atoms with van der Waals surface area (Å²) in [5.74, 6) is 2.21. The number of hydrogen-bond acceptors (Lipinski definition) is 10. The molecule has 11 nitrogen and oxygen atoms in total. The molecule has 1 fully saturated rings. The quantitative estimate of drug-likeness (QED) is 0.381. The zero-order valence-corrected chi connectivity index (χ0v) is 19.6. The summed E-state index contributed by atoms with van der Waals surface area (Å²) in [7, 11) is 0. The molecule has 0 radical (unpaired) electrons. The molecule has 182 valence electrons. The number of anilines is 3. The molecule has 36 heavy (non-hydrogen) atoms. The van der Waals surface area contributed by atoms with E-state index >= 15 is 0 Å². The summed E-state index contributed by atoms with van der Waals surface area (Å²) in [4.78, 5) is 33.9. The number of nitrogens with zero attached hydrogens (tertiary/aromatic N) is 7. The number of fused-ring (bicyclic) bond motifs is 1. The Morgan fingerprint density at radius 2 is 1.86 bits per heavy atom. The second-order valence-corrected chi connectivity index (χ2v) is 8.25. The molecule has 2 aromatic heterocycles. The number of carbonyl (C=O) groups excluding carboxylic acids is 1. The van der Waals surface area contributed by atoms with E-state index in [-0.39, 0.29) is 11.5 Å². The molecule has 0 spiro atoms. The van der Waals surface area contributed by atoms with Crippen LogP contribution in [0.5, 0.6) is 5.75 Å². The van der Waals surface area contributed by atoms with E-state index in [9.17, 15) is 10.1 Å². The normalized spacial score (nSPS) is 15.9. The molecule has 0 aliphatic carbocycles. The first-order valence-corrected chi connectivity index (χ1v) is 11.8. The summed E-state index contributed by atoms with van der Waals surface area (Å²) >= 11 is 0. The number of ether oxygens (including phenoxy) is 1. The van der Waals surface area contributed by atoms with Gasteiger partial charge in [0.05, 0.1) is 11.4 Å². The Bertz CT molecular complexity index is 1270. The number of nitriles is 1. The number of benzene rings is 1. The van der Waals surface area contributed by atoms with Gasteiger partial charge in [0.25, 0.3) is 0 Å². The van der Waals surface area contributed by atoms with Gasteiger partial charge >= 0.3 is 0 Å². The average molecular weight is 484 g/mol. The number of rotatable bonds is 7. The Morgan fingerprint density at radius 1 is 1.06 bits per heavy atom. The molecule has 3 aromatic rings. The van der Waals surface area contributed by atoms with E-state index in [4.69, 9.17) is 4.74 Å². The summed E-state index contributed by atoms with van der Waals surface area (Å²) in [6.45, 7) is 3.28. The molecule has 1 aromatic carbocycles. The number of para-hydroxylation sites is 2. The van der Waals surface area contributed by atoms with Crippen LogP contribution >= 0.6 is 0 Å². The van der Waals surface area contributed by atoms with Crippen molar-refractivity contribution in [2.24, 2.45) is 0 Å². The van der Waals surface area contributed by atoms with E-state index in [1.165, 1.54) is 0 Å². The van der Waals surface area contributed by atoms with E-state index in [2.05, 4.69) is 41.5 Å². The number of carbonyl (C=O) groups is 1. The number of aromatic nitrogens is 4. The molecule has 0 atom stereocenters. The van der Waals surface area contributed by atoms with E-state index in [1.54, 1.807) is 30.7 Å². The van der Waals surface area contributed by atoms with Gasteiger partial charge in [-0.05, 0) is 30.7 Å². The summed E-state index contributed by atoms with van der Waals surface area (Å²) in [6.07, 6.45) is 6.11. The lowest BCUT2D eigenvalue weighted by atomic mass is 10.2. The Hall–Kier alpha value is -4.72. The zero-order valence-electron chi connectivity index (χ0n) is 19.6. The predicted octanol–water partition coefficient (Wildman–Crippen LogP) is 2.50. The van der Waals surface area contributed by atoms with Crippen LogP contribution in [0.25, 0.3) is 5.57 Å². The molecule has 11 heteroatoms. The summed E-state index contributed by atoms with van der Waals surface area (Å²) < 4.78 is 5.78. The van der Waals surface area contributed by atoms with Crippen molar-refractivity contribution >= 4 is 29.1 Å². The molecule has 2 N–H and O–H groups in total. The molecule has 0 bridgehead atoms. The Labute approximate surface area is 208 Å². The first kappa shape index (κ1) is 23.0. The van der Waals surface area contributed by atoms with E-state index < -0.39 is 0 Å². The third-order valence-electron chi connectivity index (χ3n) is 5.92. The van der Waals surface area contributed by atoms with Crippen LogP contribution in [0.1, 0.15) is 18.5 Å². The van der Waals surface area contributed by atoms with Gasteiger partial charge in [-0.25, -0.2) is 19.9 Å². The van der Waals surface area contributed by atoms with Crippen LogP contribution in [0.15, 0.2) is 60.9 Å². The van der Waals surface area contributed by atoms with Crippen molar-refractivity contribution in [3.8, 4) is 11.8 Å². The molecule has 5 rings (SSSR count). The van der Waals surface area contributed by atoms with Crippen LogP contribution in [-0.2, 0) is 4.79 Å². The summed E-state index contributed by atoms with van der Waals surface area (Å²) in [5, 5.41) is 16.0. The summed E-state index contributed by atoms with van der Waals surface area (Å²) in [6, 6.07) is 13.1. The van der Waals surface area contributed by atoms with Crippen LogP contribution in [0.2, 0.25) is 0 Å². The number of amides is 1. The van der Waals surface area contributed by atoms with Gasteiger partial charge in [-0.1, -0.05) is 12.1 Å². The average Bonchev–Trinajstić information content (AvgIpc) is 3.36. The van der Waals surface area contributed by atoms with Crippen molar-refractivity contribution in [1.29, 1.82) is 5.26 Å². The van der Waals surface area contributed by atoms with Gasteiger partial charge in [0.1, 0.15) is 11.6 Å². The third kappa shape index (κ3) is 5.17. The molecular weight excluding hydrogens is 458 g/mol. The smallest absolute Gasteiger partial charge is 0.225 e. The molecular formula is C25H25N9O2. The van der Waals surface area contributed by atoms with Crippen molar-refractivity contribution in [1.82, 2.24) is 24.8 Å².